The lowest BCUT2D eigenvalue weighted by molar-refractivity contribution is -0.139. The Kier molecular flexibility index (Phi) is 9.13. The second-order valence-corrected chi connectivity index (χ2v) is 6.34. The molecule has 0 bridgehead atoms. The van der Waals surface area contributed by atoms with Crippen molar-refractivity contribution >= 4 is 11.9 Å². The van der Waals surface area contributed by atoms with Gasteiger partial charge in [0, 0.05) is 12.5 Å². The van der Waals surface area contributed by atoms with E-state index in [1.54, 1.807) is 24.3 Å². The third kappa shape index (κ3) is 6.73. The molecule has 1 unspecified atom stereocenters. The fourth-order valence-electron chi connectivity index (χ4n) is 3.08. The van der Waals surface area contributed by atoms with Crippen LogP contribution in [0, 0.1) is 5.92 Å². The van der Waals surface area contributed by atoms with Crippen LogP contribution in [0.25, 0.3) is 0 Å². The number of aliphatic carboxylic acids is 1. The highest BCUT2D eigenvalue weighted by molar-refractivity contribution is 5.78. The Morgan fingerprint density at radius 1 is 1.04 bits per heavy atom. The summed E-state index contributed by atoms with van der Waals surface area (Å²) in [6.45, 7) is 5.77. The van der Waals surface area contributed by atoms with E-state index in [-0.39, 0.29) is 0 Å². The number of carboxylic acids is 1. The van der Waals surface area contributed by atoms with E-state index in [1.165, 1.54) is 26.2 Å². The van der Waals surface area contributed by atoms with E-state index < -0.39 is 17.9 Å². The van der Waals surface area contributed by atoms with E-state index in [1.807, 2.05) is 0 Å². The van der Waals surface area contributed by atoms with Crippen LogP contribution in [0.15, 0.2) is 24.3 Å². The molecule has 1 N–H and O–H groups in total. The molecule has 4 heteroatoms. The zero-order chi connectivity index (χ0) is 17.9. The number of benzene rings is 1. The zero-order valence-corrected chi connectivity index (χ0v) is 15.1. The van der Waals surface area contributed by atoms with Crippen LogP contribution < -0.4 is 4.74 Å². The summed E-state index contributed by atoms with van der Waals surface area (Å²) < 4.78 is 5.16. The summed E-state index contributed by atoms with van der Waals surface area (Å²) in [5.41, 5.74) is 0.584. The minimum absolute atomic E-state index is 0.356. The van der Waals surface area contributed by atoms with E-state index >= 15 is 0 Å². The molecule has 1 rings (SSSR count). The van der Waals surface area contributed by atoms with Gasteiger partial charge in [-0.1, -0.05) is 70.6 Å². The van der Waals surface area contributed by atoms with Gasteiger partial charge in [-0.05, 0) is 18.4 Å². The molecular formula is C20H30O4. The normalized spacial score (nSPS) is 12.2. The number of unbranched alkanes of at least 4 members (excludes halogenated alkanes) is 2. The third-order valence-corrected chi connectivity index (χ3v) is 4.61. The smallest absolute Gasteiger partial charge is 0.311 e. The number of carbonyl (C=O) groups is 2. The molecule has 4 nitrogen and oxygen atoms in total. The van der Waals surface area contributed by atoms with E-state index in [4.69, 9.17) is 4.74 Å². The van der Waals surface area contributed by atoms with E-state index in [0.717, 1.165) is 25.2 Å². The van der Waals surface area contributed by atoms with Gasteiger partial charge in [0.2, 0.25) is 0 Å². The first-order valence-corrected chi connectivity index (χ1v) is 8.99. The van der Waals surface area contributed by atoms with Gasteiger partial charge in [0.05, 0.1) is 5.92 Å². The summed E-state index contributed by atoms with van der Waals surface area (Å²) >= 11 is 0. The molecule has 0 aliphatic rings. The summed E-state index contributed by atoms with van der Waals surface area (Å²) in [7, 11) is 0. The third-order valence-electron chi connectivity index (χ3n) is 4.61. The molecule has 1 atom stereocenters. The van der Waals surface area contributed by atoms with Crippen molar-refractivity contribution in [2.24, 2.45) is 5.92 Å². The second-order valence-electron chi connectivity index (χ2n) is 6.34. The minimum atomic E-state index is -0.866. The largest absolute Gasteiger partial charge is 0.481 e. The first-order valence-electron chi connectivity index (χ1n) is 8.99. The molecule has 0 amide bonds. The van der Waals surface area contributed by atoms with Crippen LogP contribution in [0.2, 0.25) is 0 Å². The number of hydrogen-bond acceptors (Lipinski definition) is 3. The van der Waals surface area contributed by atoms with Crippen molar-refractivity contribution in [1.29, 1.82) is 0 Å². The van der Waals surface area contributed by atoms with E-state index in [0.29, 0.717) is 17.7 Å². The molecule has 1 aromatic rings. The standard InChI is InChI=1S/C20H30O4/c1-4-16(5-2)11-7-6-8-13-18(20(22)23)17-12-9-10-14-19(17)24-15(3)21/h9-10,12,14,16,18H,4-8,11,13H2,1-3H3,(H,22,23). The average molecular weight is 334 g/mol. The predicted molar refractivity (Wildman–Crippen MR) is 95.3 cm³/mol. The molecular weight excluding hydrogens is 304 g/mol. The van der Waals surface area contributed by atoms with Gasteiger partial charge in [-0.25, -0.2) is 0 Å². The molecule has 0 aromatic heterocycles. The van der Waals surface area contributed by atoms with Crippen LogP contribution in [-0.4, -0.2) is 17.0 Å². The molecule has 0 saturated heterocycles. The van der Waals surface area contributed by atoms with Gasteiger partial charge in [-0.2, -0.15) is 0 Å². The molecule has 24 heavy (non-hydrogen) atoms. The van der Waals surface area contributed by atoms with E-state index in [9.17, 15) is 14.7 Å². The van der Waals surface area contributed by atoms with Crippen LogP contribution in [0.5, 0.6) is 5.75 Å². The average Bonchev–Trinajstić information content (AvgIpc) is 2.54. The number of esters is 1. The second kappa shape index (κ2) is 10.8. The van der Waals surface area contributed by atoms with E-state index in [2.05, 4.69) is 13.8 Å². The summed E-state index contributed by atoms with van der Waals surface area (Å²) in [4.78, 5) is 22.9. The van der Waals surface area contributed by atoms with Gasteiger partial charge >= 0.3 is 11.9 Å². The Labute approximate surface area is 145 Å². The minimum Gasteiger partial charge on any atom is -0.481 e. The Hall–Kier alpha value is -1.84. The van der Waals surface area contributed by atoms with Gasteiger partial charge in [-0.15, -0.1) is 0 Å². The van der Waals surface area contributed by atoms with Crippen LogP contribution in [0.1, 0.15) is 77.2 Å². The van der Waals surface area contributed by atoms with Crippen molar-refractivity contribution in [3.8, 4) is 5.75 Å². The summed E-state index contributed by atoms with van der Waals surface area (Å²) in [6.07, 6.45) is 7.26. The summed E-state index contributed by atoms with van der Waals surface area (Å²) in [5, 5.41) is 9.57. The van der Waals surface area contributed by atoms with Crippen LogP contribution in [-0.2, 0) is 9.59 Å². The zero-order valence-electron chi connectivity index (χ0n) is 15.1. The molecule has 1 aromatic carbocycles. The van der Waals surface area contributed by atoms with Crippen molar-refractivity contribution < 1.29 is 19.4 Å². The fourth-order valence-corrected chi connectivity index (χ4v) is 3.08. The van der Waals surface area contributed by atoms with Gasteiger partial charge in [0.15, 0.2) is 0 Å². The number of para-hydroxylation sites is 1. The number of hydrogen-bond donors (Lipinski definition) is 1. The van der Waals surface area contributed by atoms with Crippen molar-refractivity contribution in [3.05, 3.63) is 29.8 Å². The molecule has 0 spiro atoms. The Bertz CT molecular complexity index is 520. The monoisotopic (exact) mass is 334 g/mol. The van der Waals surface area contributed by atoms with Gasteiger partial charge in [0.25, 0.3) is 0 Å². The fraction of sp³-hybridized carbons (Fsp3) is 0.600. The highest BCUT2D eigenvalue weighted by Gasteiger charge is 2.23. The molecule has 134 valence electrons. The summed E-state index contributed by atoms with van der Waals surface area (Å²) in [6, 6.07) is 6.92. The molecule has 0 radical (unpaired) electrons. The predicted octanol–water partition coefficient (Wildman–Crippen LogP) is 5.17. The molecule has 0 aliphatic carbocycles. The summed E-state index contributed by atoms with van der Waals surface area (Å²) in [5.74, 6) is -0.792. The van der Waals surface area contributed by atoms with Crippen LogP contribution >= 0.6 is 0 Å². The molecule has 0 saturated carbocycles. The Morgan fingerprint density at radius 3 is 2.25 bits per heavy atom. The quantitative estimate of drug-likeness (QED) is 0.344. The number of ether oxygens (including phenoxy) is 1. The SMILES string of the molecule is CCC(CC)CCCCCC(C(=O)O)c1ccccc1OC(C)=O. The lowest BCUT2D eigenvalue weighted by atomic mass is 9.91. The lowest BCUT2D eigenvalue weighted by Crippen LogP contribution is -2.14. The molecule has 0 fully saturated rings. The van der Waals surface area contributed by atoms with Crippen LogP contribution in [0.4, 0.5) is 0 Å². The first kappa shape index (κ1) is 20.2. The number of carboxylic acid groups (broad SMARTS) is 1. The van der Waals surface area contributed by atoms with Crippen LogP contribution in [0.3, 0.4) is 0 Å². The van der Waals surface area contributed by atoms with Gasteiger partial charge < -0.3 is 9.84 Å². The van der Waals surface area contributed by atoms with Crippen molar-refractivity contribution in [2.75, 3.05) is 0 Å². The van der Waals surface area contributed by atoms with Crippen molar-refractivity contribution in [1.82, 2.24) is 0 Å². The molecule has 0 aliphatic heterocycles. The maximum Gasteiger partial charge on any atom is 0.311 e. The highest BCUT2D eigenvalue weighted by Crippen LogP contribution is 2.31. The Morgan fingerprint density at radius 2 is 1.67 bits per heavy atom. The maximum absolute atomic E-state index is 11.7. The molecule has 0 heterocycles. The number of carbonyl (C=O) groups excluding carboxylic acids is 1. The first-order chi connectivity index (χ1) is 11.5. The van der Waals surface area contributed by atoms with Gasteiger partial charge in [0.1, 0.15) is 5.75 Å². The topological polar surface area (TPSA) is 63.6 Å². The number of rotatable bonds is 11. The lowest BCUT2D eigenvalue weighted by Gasteiger charge is -2.16. The van der Waals surface area contributed by atoms with Crippen molar-refractivity contribution in [3.63, 3.8) is 0 Å². The maximum atomic E-state index is 11.7. The Balaban J connectivity index is 2.62. The van der Waals surface area contributed by atoms with Gasteiger partial charge in [-0.3, -0.25) is 9.59 Å². The van der Waals surface area contributed by atoms with Crippen molar-refractivity contribution in [2.45, 2.75) is 71.6 Å². The highest BCUT2D eigenvalue weighted by atomic mass is 16.5.